The zero-order chi connectivity index (χ0) is 13.4. The first kappa shape index (κ1) is 12.9. The van der Waals surface area contributed by atoms with Crippen LogP contribution in [0.25, 0.3) is 0 Å². The standard InChI is InChI=1S/C15H20FNO2/c1-19-15-5-2-11(16)6-10(15)9-17-12-3-4-13(17)8-14(18)7-12/h2,5-6,12-14,18H,3-4,7-9H2,1H3. The number of benzene rings is 1. The molecule has 2 atom stereocenters. The van der Waals surface area contributed by atoms with Crippen molar-refractivity contribution in [1.82, 2.24) is 4.90 Å². The Bertz CT molecular complexity index is 451. The summed E-state index contributed by atoms with van der Waals surface area (Å²) in [6, 6.07) is 5.54. The lowest BCUT2D eigenvalue weighted by Gasteiger charge is -2.37. The first-order valence-electron chi connectivity index (χ1n) is 6.93. The first-order chi connectivity index (χ1) is 9.17. The maximum Gasteiger partial charge on any atom is 0.123 e. The Balaban J connectivity index is 1.80. The van der Waals surface area contributed by atoms with Gasteiger partial charge in [-0.15, -0.1) is 0 Å². The Morgan fingerprint density at radius 2 is 2.00 bits per heavy atom. The third kappa shape index (κ3) is 2.47. The summed E-state index contributed by atoms with van der Waals surface area (Å²) in [6.07, 6.45) is 3.80. The fourth-order valence-corrected chi connectivity index (χ4v) is 3.57. The maximum atomic E-state index is 13.4. The number of ether oxygens (including phenoxy) is 1. The molecular weight excluding hydrogens is 245 g/mol. The van der Waals surface area contributed by atoms with E-state index in [0.717, 1.165) is 37.0 Å². The molecule has 2 aliphatic rings. The summed E-state index contributed by atoms with van der Waals surface area (Å²) < 4.78 is 18.7. The average molecular weight is 265 g/mol. The van der Waals surface area contributed by atoms with Crippen LogP contribution in [-0.4, -0.2) is 35.3 Å². The summed E-state index contributed by atoms with van der Waals surface area (Å²) >= 11 is 0. The molecule has 0 saturated carbocycles. The van der Waals surface area contributed by atoms with Gasteiger partial charge in [-0.3, -0.25) is 4.90 Å². The number of piperidine rings is 1. The van der Waals surface area contributed by atoms with E-state index in [4.69, 9.17) is 4.74 Å². The van der Waals surface area contributed by atoms with Gasteiger partial charge in [-0.25, -0.2) is 4.39 Å². The zero-order valence-electron chi connectivity index (χ0n) is 11.2. The summed E-state index contributed by atoms with van der Waals surface area (Å²) in [7, 11) is 1.62. The first-order valence-corrected chi connectivity index (χ1v) is 6.93. The fraction of sp³-hybridized carbons (Fsp3) is 0.600. The number of rotatable bonds is 3. The van der Waals surface area contributed by atoms with E-state index in [0.29, 0.717) is 18.6 Å². The molecule has 2 unspecified atom stereocenters. The van der Waals surface area contributed by atoms with Crippen LogP contribution < -0.4 is 4.74 Å². The van der Waals surface area contributed by atoms with Crippen LogP contribution in [0.2, 0.25) is 0 Å². The number of hydrogen-bond acceptors (Lipinski definition) is 3. The molecule has 0 spiro atoms. The number of fused-ring (bicyclic) bond motifs is 2. The summed E-state index contributed by atoms with van der Waals surface area (Å²) in [5.74, 6) is 0.520. The zero-order valence-corrected chi connectivity index (χ0v) is 11.2. The molecule has 4 heteroatoms. The molecule has 1 aromatic carbocycles. The molecule has 1 N–H and O–H groups in total. The minimum atomic E-state index is -0.222. The van der Waals surface area contributed by atoms with Crippen LogP contribution in [-0.2, 0) is 6.54 Å². The van der Waals surface area contributed by atoms with Crippen molar-refractivity contribution in [2.45, 2.75) is 50.4 Å². The number of aliphatic hydroxyl groups is 1. The third-order valence-electron chi connectivity index (χ3n) is 4.45. The van der Waals surface area contributed by atoms with E-state index in [2.05, 4.69) is 4.90 Å². The summed E-state index contributed by atoms with van der Waals surface area (Å²) in [5.41, 5.74) is 0.899. The molecule has 1 aromatic rings. The van der Waals surface area contributed by atoms with Crippen molar-refractivity contribution in [3.63, 3.8) is 0 Å². The molecule has 2 fully saturated rings. The Morgan fingerprint density at radius 3 is 2.63 bits per heavy atom. The molecule has 0 radical (unpaired) electrons. The van der Waals surface area contributed by atoms with E-state index in [1.54, 1.807) is 19.2 Å². The van der Waals surface area contributed by atoms with Gasteiger partial charge in [-0.2, -0.15) is 0 Å². The van der Waals surface area contributed by atoms with Gasteiger partial charge in [-0.05, 0) is 43.9 Å². The molecule has 3 nitrogen and oxygen atoms in total. The van der Waals surface area contributed by atoms with Gasteiger partial charge in [0.25, 0.3) is 0 Å². The van der Waals surface area contributed by atoms with Crippen molar-refractivity contribution in [2.24, 2.45) is 0 Å². The highest BCUT2D eigenvalue weighted by Gasteiger charge is 2.40. The van der Waals surface area contributed by atoms with Crippen molar-refractivity contribution >= 4 is 0 Å². The van der Waals surface area contributed by atoms with Gasteiger partial charge in [0.15, 0.2) is 0 Å². The van der Waals surface area contributed by atoms with Crippen molar-refractivity contribution in [2.75, 3.05) is 7.11 Å². The van der Waals surface area contributed by atoms with E-state index in [1.807, 2.05) is 0 Å². The van der Waals surface area contributed by atoms with E-state index in [1.165, 1.54) is 6.07 Å². The second-order valence-electron chi connectivity index (χ2n) is 5.64. The van der Waals surface area contributed by atoms with Gasteiger partial charge in [0.1, 0.15) is 11.6 Å². The van der Waals surface area contributed by atoms with Crippen LogP contribution in [0.4, 0.5) is 4.39 Å². The molecule has 2 saturated heterocycles. The molecule has 0 aliphatic carbocycles. The Kier molecular flexibility index (Phi) is 3.46. The molecule has 0 aromatic heterocycles. The predicted octanol–water partition coefficient (Wildman–Crippen LogP) is 2.32. The lowest BCUT2D eigenvalue weighted by Crippen LogP contribution is -2.44. The Labute approximate surface area is 113 Å². The van der Waals surface area contributed by atoms with Gasteiger partial charge >= 0.3 is 0 Å². The largest absolute Gasteiger partial charge is 0.496 e. The normalized spacial score (nSPS) is 30.6. The topological polar surface area (TPSA) is 32.7 Å². The smallest absolute Gasteiger partial charge is 0.123 e. The molecule has 3 rings (SSSR count). The van der Waals surface area contributed by atoms with Gasteiger partial charge in [0, 0.05) is 24.2 Å². The predicted molar refractivity (Wildman–Crippen MR) is 70.5 cm³/mol. The van der Waals surface area contributed by atoms with Crippen molar-refractivity contribution in [3.8, 4) is 5.75 Å². The van der Waals surface area contributed by atoms with Gasteiger partial charge in [0.05, 0.1) is 13.2 Å². The van der Waals surface area contributed by atoms with Crippen LogP contribution in [0.5, 0.6) is 5.75 Å². The summed E-state index contributed by atoms with van der Waals surface area (Å²) in [6.45, 7) is 0.711. The molecule has 104 valence electrons. The van der Waals surface area contributed by atoms with Gasteiger partial charge in [-0.1, -0.05) is 0 Å². The fourth-order valence-electron chi connectivity index (χ4n) is 3.57. The minimum absolute atomic E-state index is 0.164. The van der Waals surface area contributed by atoms with Crippen molar-refractivity contribution < 1.29 is 14.2 Å². The minimum Gasteiger partial charge on any atom is -0.496 e. The number of nitrogens with zero attached hydrogens (tertiary/aromatic N) is 1. The lowest BCUT2D eigenvalue weighted by molar-refractivity contribution is 0.0306. The van der Waals surface area contributed by atoms with Crippen molar-refractivity contribution in [3.05, 3.63) is 29.6 Å². The lowest BCUT2D eigenvalue weighted by atomic mass is 9.99. The highest BCUT2D eigenvalue weighted by atomic mass is 19.1. The summed E-state index contributed by atoms with van der Waals surface area (Å²) in [5, 5.41) is 9.81. The second-order valence-corrected chi connectivity index (χ2v) is 5.64. The maximum absolute atomic E-state index is 13.4. The molecule has 2 aliphatic heterocycles. The van der Waals surface area contributed by atoms with E-state index >= 15 is 0 Å². The third-order valence-corrected chi connectivity index (χ3v) is 4.45. The van der Waals surface area contributed by atoms with E-state index in [-0.39, 0.29) is 11.9 Å². The Morgan fingerprint density at radius 1 is 1.32 bits per heavy atom. The Hall–Kier alpha value is -1.13. The van der Waals surface area contributed by atoms with E-state index in [9.17, 15) is 9.50 Å². The van der Waals surface area contributed by atoms with Crippen LogP contribution in [0.15, 0.2) is 18.2 Å². The van der Waals surface area contributed by atoms with Crippen molar-refractivity contribution in [1.29, 1.82) is 0 Å². The van der Waals surface area contributed by atoms with Gasteiger partial charge < -0.3 is 9.84 Å². The summed E-state index contributed by atoms with van der Waals surface area (Å²) in [4.78, 5) is 2.41. The second kappa shape index (κ2) is 5.10. The molecule has 2 bridgehead atoms. The quantitative estimate of drug-likeness (QED) is 0.910. The van der Waals surface area contributed by atoms with Crippen LogP contribution >= 0.6 is 0 Å². The van der Waals surface area contributed by atoms with E-state index < -0.39 is 0 Å². The number of aliphatic hydroxyl groups excluding tert-OH is 1. The molecule has 2 heterocycles. The molecule has 19 heavy (non-hydrogen) atoms. The van der Waals surface area contributed by atoms with Crippen LogP contribution in [0, 0.1) is 5.82 Å². The highest BCUT2D eigenvalue weighted by Crippen LogP contribution is 2.37. The van der Waals surface area contributed by atoms with Crippen LogP contribution in [0.3, 0.4) is 0 Å². The molecule has 0 amide bonds. The average Bonchev–Trinajstić information content (AvgIpc) is 2.62. The number of methoxy groups -OCH3 is 1. The number of halogens is 1. The molecular formula is C15H20FNO2. The van der Waals surface area contributed by atoms with Gasteiger partial charge in [0.2, 0.25) is 0 Å². The SMILES string of the molecule is COc1ccc(F)cc1CN1C2CCC1CC(O)C2. The monoisotopic (exact) mass is 265 g/mol. The highest BCUT2D eigenvalue weighted by molar-refractivity contribution is 5.34. The van der Waals surface area contributed by atoms with Crippen LogP contribution in [0.1, 0.15) is 31.2 Å². The number of hydrogen-bond donors (Lipinski definition) is 1.